The van der Waals surface area contributed by atoms with Gasteiger partial charge in [0.25, 0.3) is 0 Å². The largest absolute Gasteiger partial charge is 0.324 e. The maximum Gasteiger partial charge on any atom is 0.237 e. The fourth-order valence-electron chi connectivity index (χ4n) is 3.20. The van der Waals surface area contributed by atoms with Crippen LogP contribution in [0.3, 0.4) is 0 Å². The van der Waals surface area contributed by atoms with Gasteiger partial charge in [-0.05, 0) is 19.1 Å². The zero-order valence-electron chi connectivity index (χ0n) is 15.3. The lowest BCUT2D eigenvalue weighted by Crippen LogP contribution is -2.40. The van der Waals surface area contributed by atoms with Crippen LogP contribution in [0.15, 0.2) is 59.8 Å². The molecule has 0 bridgehead atoms. The number of para-hydroxylation sites is 2. The monoisotopic (exact) mass is 393 g/mol. The number of fused-ring (bicyclic) bond motifs is 1. The van der Waals surface area contributed by atoms with Crippen LogP contribution in [0.2, 0.25) is 0 Å². The maximum atomic E-state index is 13.0. The predicted octanol–water partition coefficient (Wildman–Crippen LogP) is 3.33. The van der Waals surface area contributed by atoms with Crippen molar-refractivity contribution in [2.75, 3.05) is 16.0 Å². The summed E-state index contributed by atoms with van der Waals surface area (Å²) in [4.78, 5) is 31.2. The molecule has 0 saturated carbocycles. The molecule has 2 amide bonds. The van der Waals surface area contributed by atoms with E-state index in [9.17, 15) is 9.59 Å². The minimum Gasteiger partial charge on any atom is -0.324 e. The number of nitrogens with zero attached hydrogens (tertiary/aromatic N) is 3. The van der Waals surface area contributed by atoms with Crippen LogP contribution in [0.25, 0.3) is 11.4 Å². The third kappa shape index (κ3) is 3.77. The molecule has 1 aliphatic rings. The molecule has 1 unspecified atom stereocenters. The fourth-order valence-corrected chi connectivity index (χ4v) is 3.86. The lowest BCUT2D eigenvalue weighted by atomic mass is 10.2. The molecule has 1 aliphatic heterocycles. The number of thioether (sulfide) groups is 1. The second-order valence-electron chi connectivity index (χ2n) is 6.50. The standard InChI is InChI=1S/C20H19N5O2S/c1-13-11-17(26)21-15-9-5-6-10-16(15)25(13)18(27)12-28-20-22-19(23-24-20)14-7-3-2-4-8-14/h2-10,13H,11-12H2,1H3,(H,21,26)(H,22,23,24). The zero-order valence-corrected chi connectivity index (χ0v) is 16.1. The number of aromatic amines is 1. The highest BCUT2D eigenvalue weighted by Gasteiger charge is 2.29. The number of anilines is 2. The molecule has 0 radical (unpaired) electrons. The molecule has 2 aromatic carbocycles. The minimum absolute atomic E-state index is 0.0903. The van der Waals surface area contributed by atoms with Gasteiger partial charge in [-0.3, -0.25) is 14.7 Å². The maximum absolute atomic E-state index is 13.0. The fraction of sp³-hybridized carbons (Fsp3) is 0.200. The SMILES string of the molecule is CC1CC(=O)Nc2ccccc2N1C(=O)CSc1n[nH]c(-c2ccccc2)n1. The average molecular weight is 393 g/mol. The highest BCUT2D eigenvalue weighted by molar-refractivity contribution is 7.99. The summed E-state index contributed by atoms with van der Waals surface area (Å²) in [6, 6.07) is 16.8. The van der Waals surface area contributed by atoms with Crippen LogP contribution in [0, 0.1) is 0 Å². The van der Waals surface area contributed by atoms with E-state index in [0.29, 0.717) is 22.4 Å². The van der Waals surface area contributed by atoms with Crippen LogP contribution in [0.1, 0.15) is 13.3 Å². The number of carbonyl (C=O) groups is 2. The zero-order chi connectivity index (χ0) is 19.5. The molecular weight excluding hydrogens is 374 g/mol. The third-order valence-corrected chi connectivity index (χ3v) is 5.30. The number of benzene rings is 2. The van der Waals surface area contributed by atoms with Crippen molar-refractivity contribution in [1.82, 2.24) is 15.2 Å². The first-order chi connectivity index (χ1) is 13.6. The Kier molecular flexibility index (Phi) is 5.12. The molecule has 0 spiro atoms. The van der Waals surface area contributed by atoms with Gasteiger partial charge in [0, 0.05) is 18.0 Å². The number of hydrogen-bond donors (Lipinski definition) is 2. The highest BCUT2D eigenvalue weighted by atomic mass is 32.2. The third-order valence-electron chi connectivity index (χ3n) is 4.46. The van der Waals surface area contributed by atoms with Gasteiger partial charge < -0.3 is 10.2 Å². The second-order valence-corrected chi connectivity index (χ2v) is 7.45. The molecule has 28 heavy (non-hydrogen) atoms. The quantitative estimate of drug-likeness (QED) is 0.664. The first kappa shape index (κ1) is 18.2. The van der Waals surface area contributed by atoms with Gasteiger partial charge in [-0.15, -0.1) is 5.10 Å². The molecule has 2 heterocycles. The molecule has 0 saturated heterocycles. The summed E-state index contributed by atoms with van der Waals surface area (Å²) in [5.74, 6) is 0.662. The van der Waals surface area contributed by atoms with Crippen molar-refractivity contribution in [1.29, 1.82) is 0 Å². The summed E-state index contributed by atoms with van der Waals surface area (Å²) in [6.07, 6.45) is 0.254. The molecule has 0 aliphatic carbocycles. The smallest absolute Gasteiger partial charge is 0.237 e. The molecule has 3 aromatic rings. The van der Waals surface area contributed by atoms with E-state index < -0.39 is 0 Å². The van der Waals surface area contributed by atoms with Gasteiger partial charge in [0.05, 0.1) is 17.1 Å². The van der Waals surface area contributed by atoms with Crippen molar-refractivity contribution in [3.63, 3.8) is 0 Å². The number of hydrogen-bond acceptors (Lipinski definition) is 5. The first-order valence-electron chi connectivity index (χ1n) is 8.93. The number of H-pyrrole nitrogens is 1. The van der Waals surface area contributed by atoms with Gasteiger partial charge in [0.1, 0.15) is 0 Å². The number of nitrogens with one attached hydrogen (secondary N) is 2. The van der Waals surface area contributed by atoms with Crippen molar-refractivity contribution in [2.45, 2.75) is 24.5 Å². The Morgan fingerprint density at radius 3 is 2.75 bits per heavy atom. The molecule has 4 rings (SSSR count). The van der Waals surface area contributed by atoms with E-state index in [2.05, 4.69) is 20.5 Å². The van der Waals surface area contributed by atoms with Gasteiger partial charge in [-0.25, -0.2) is 4.98 Å². The molecule has 2 N–H and O–H groups in total. The first-order valence-corrected chi connectivity index (χ1v) is 9.92. The Hall–Kier alpha value is -3.13. The lowest BCUT2D eigenvalue weighted by molar-refractivity contribution is -0.117. The summed E-state index contributed by atoms with van der Waals surface area (Å²) in [6.45, 7) is 1.88. The Morgan fingerprint density at radius 1 is 1.18 bits per heavy atom. The molecule has 1 aromatic heterocycles. The summed E-state index contributed by atoms with van der Waals surface area (Å²) in [7, 11) is 0. The van der Waals surface area contributed by atoms with Crippen molar-refractivity contribution < 1.29 is 9.59 Å². The summed E-state index contributed by atoms with van der Waals surface area (Å²) >= 11 is 1.27. The van der Waals surface area contributed by atoms with E-state index in [1.165, 1.54) is 11.8 Å². The minimum atomic E-state index is -0.233. The van der Waals surface area contributed by atoms with Crippen LogP contribution in [0.5, 0.6) is 0 Å². The molecule has 0 fully saturated rings. The Morgan fingerprint density at radius 2 is 1.93 bits per heavy atom. The Balaban J connectivity index is 1.49. The van der Waals surface area contributed by atoms with Crippen LogP contribution in [-0.2, 0) is 9.59 Å². The van der Waals surface area contributed by atoms with Crippen LogP contribution < -0.4 is 10.2 Å². The van der Waals surface area contributed by atoms with Crippen molar-refractivity contribution >= 4 is 35.0 Å². The molecule has 8 heteroatoms. The van der Waals surface area contributed by atoms with E-state index in [1.54, 1.807) is 11.0 Å². The van der Waals surface area contributed by atoms with E-state index in [-0.39, 0.29) is 30.0 Å². The van der Waals surface area contributed by atoms with Gasteiger partial charge >= 0.3 is 0 Å². The molecule has 7 nitrogen and oxygen atoms in total. The normalized spacial score (nSPS) is 16.2. The summed E-state index contributed by atoms with van der Waals surface area (Å²) in [5.41, 5.74) is 2.30. The van der Waals surface area contributed by atoms with E-state index in [1.807, 2.05) is 55.5 Å². The van der Waals surface area contributed by atoms with Crippen LogP contribution in [0.4, 0.5) is 11.4 Å². The van der Waals surface area contributed by atoms with Gasteiger partial charge in [0.15, 0.2) is 5.82 Å². The van der Waals surface area contributed by atoms with Gasteiger partial charge in [-0.1, -0.05) is 54.2 Å². The Bertz CT molecular complexity index is 1000. The summed E-state index contributed by atoms with van der Waals surface area (Å²) in [5, 5.41) is 10.5. The number of carbonyl (C=O) groups excluding carboxylic acids is 2. The molecule has 1 atom stereocenters. The predicted molar refractivity (Wildman–Crippen MR) is 109 cm³/mol. The lowest BCUT2D eigenvalue weighted by Gasteiger charge is -2.27. The van der Waals surface area contributed by atoms with Gasteiger partial charge in [-0.2, -0.15) is 0 Å². The number of amides is 2. The Labute approximate surface area is 166 Å². The number of aromatic nitrogens is 3. The molecule has 142 valence electrons. The topological polar surface area (TPSA) is 91.0 Å². The summed E-state index contributed by atoms with van der Waals surface area (Å²) < 4.78 is 0. The van der Waals surface area contributed by atoms with Crippen LogP contribution >= 0.6 is 11.8 Å². The van der Waals surface area contributed by atoms with Gasteiger partial charge in [0.2, 0.25) is 17.0 Å². The van der Waals surface area contributed by atoms with Crippen molar-refractivity contribution in [3.05, 3.63) is 54.6 Å². The molecular formula is C20H19N5O2S. The van der Waals surface area contributed by atoms with Crippen molar-refractivity contribution in [3.8, 4) is 11.4 Å². The van der Waals surface area contributed by atoms with E-state index in [4.69, 9.17) is 0 Å². The van der Waals surface area contributed by atoms with E-state index >= 15 is 0 Å². The van der Waals surface area contributed by atoms with Crippen LogP contribution in [-0.4, -0.2) is 38.8 Å². The van der Waals surface area contributed by atoms with Crippen molar-refractivity contribution in [2.24, 2.45) is 0 Å². The average Bonchev–Trinajstić information content (AvgIpc) is 3.12. The van der Waals surface area contributed by atoms with E-state index in [0.717, 1.165) is 5.56 Å². The highest BCUT2D eigenvalue weighted by Crippen LogP contribution is 2.32. The second kappa shape index (κ2) is 7.85. The number of rotatable bonds is 4.